The van der Waals surface area contributed by atoms with Gasteiger partial charge in [-0.05, 0) is 49.2 Å². The van der Waals surface area contributed by atoms with E-state index in [2.05, 4.69) is 31.0 Å². The van der Waals surface area contributed by atoms with Gasteiger partial charge in [-0.15, -0.1) is 0 Å². The molecule has 0 unspecified atom stereocenters. The Balaban J connectivity index is 1.77. The van der Waals surface area contributed by atoms with Crippen molar-refractivity contribution in [2.75, 3.05) is 13.2 Å². The highest BCUT2D eigenvalue weighted by Crippen LogP contribution is 2.22. The zero-order valence-electron chi connectivity index (χ0n) is 16.4. The lowest BCUT2D eigenvalue weighted by molar-refractivity contribution is 0.304. The molecular weight excluding hydrogens is 322 g/mol. The quantitative estimate of drug-likeness (QED) is 0.376. The van der Waals surface area contributed by atoms with Crippen LogP contribution in [0.5, 0.6) is 11.5 Å². The van der Waals surface area contributed by atoms with Crippen molar-refractivity contribution < 1.29 is 9.47 Å². The number of pyridine rings is 1. The van der Waals surface area contributed by atoms with Crippen LogP contribution in [0.4, 0.5) is 0 Å². The second kappa shape index (κ2) is 12.3. The molecule has 3 heteroatoms. The van der Waals surface area contributed by atoms with Gasteiger partial charge >= 0.3 is 0 Å². The van der Waals surface area contributed by atoms with Gasteiger partial charge < -0.3 is 9.47 Å². The Morgan fingerprint density at radius 2 is 1.23 bits per heavy atom. The first kappa shape index (κ1) is 20.3. The molecule has 2 rings (SSSR count). The van der Waals surface area contributed by atoms with Crippen LogP contribution in [0.15, 0.2) is 42.6 Å². The highest BCUT2D eigenvalue weighted by molar-refractivity contribution is 5.60. The minimum Gasteiger partial charge on any atom is -0.494 e. The summed E-state index contributed by atoms with van der Waals surface area (Å²) in [5, 5.41) is 0. The standard InChI is InChI=1S/C23H33NO2/c1-3-5-7-9-17-25-21-13-11-20(12-14-21)23-16-15-22(19-24-23)26-18-10-8-6-4-2/h11-16,19H,3-10,17-18H2,1-2H3. The summed E-state index contributed by atoms with van der Waals surface area (Å²) in [6.45, 7) is 6.00. The van der Waals surface area contributed by atoms with E-state index in [-0.39, 0.29) is 0 Å². The van der Waals surface area contributed by atoms with Crippen LogP contribution in [0.1, 0.15) is 65.2 Å². The summed E-state index contributed by atoms with van der Waals surface area (Å²) < 4.78 is 11.5. The number of hydrogen-bond donors (Lipinski definition) is 0. The van der Waals surface area contributed by atoms with Gasteiger partial charge in [-0.2, -0.15) is 0 Å². The van der Waals surface area contributed by atoms with Gasteiger partial charge in [0.1, 0.15) is 11.5 Å². The van der Waals surface area contributed by atoms with Gasteiger partial charge in [-0.25, -0.2) is 0 Å². The number of rotatable bonds is 13. The third-order valence-corrected chi connectivity index (χ3v) is 4.42. The Morgan fingerprint density at radius 3 is 1.77 bits per heavy atom. The molecule has 142 valence electrons. The van der Waals surface area contributed by atoms with Crippen LogP contribution in [0.3, 0.4) is 0 Å². The maximum atomic E-state index is 5.79. The molecule has 3 nitrogen and oxygen atoms in total. The second-order valence-corrected chi connectivity index (χ2v) is 6.72. The smallest absolute Gasteiger partial charge is 0.137 e. The number of aromatic nitrogens is 1. The average molecular weight is 356 g/mol. The van der Waals surface area contributed by atoms with Gasteiger partial charge in [0.2, 0.25) is 0 Å². The molecule has 1 aromatic carbocycles. The van der Waals surface area contributed by atoms with Crippen LogP contribution >= 0.6 is 0 Å². The van der Waals surface area contributed by atoms with Crippen LogP contribution < -0.4 is 9.47 Å². The first-order valence-electron chi connectivity index (χ1n) is 10.2. The van der Waals surface area contributed by atoms with E-state index in [0.29, 0.717) is 0 Å². The van der Waals surface area contributed by atoms with Gasteiger partial charge in [0.25, 0.3) is 0 Å². The number of hydrogen-bond acceptors (Lipinski definition) is 3. The Kier molecular flexibility index (Phi) is 9.63. The van der Waals surface area contributed by atoms with Crippen molar-refractivity contribution in [2.45, 2.75) is 65.2 Å². The van der Waals surface area contributed by atoms with E-state index in [1.54, 1.807) is 0 Å². The molecule has 1 heterocycles. The molecule has 0 aliphatic rings. The zero-order chi connectivity index (χ0) is 18.5. The molecule has 0 atom stereocenters. The molecule has 0 aliphatic carbocycles. The molecule has 2 aromatic rings. The average Bonchev–Trinajstić information content (AvgIpc) is 2.69. The first-order chi connectivity index (χ1) is 12.8. The molecule has 0 saturated carbocycles. The van der Waals surface area contributed by atoms with Crippen molar-refractivity contribution in [3.8, 4) is 22.8 Å². The lowest BCUT2D eigenvalue weighted by Crippen LogP contribution is -1.98. The summed E-state index contributed by atoms with van der Waals surface area (Å²) in [5.41, 5.74) is 2.05. The van der Waals surface area contributed by atoms with E-state index in [1.165, 1.54) is 38.5 Å². The van der Waals surface area contributed by atoms with Crippen LogP contribution in [-0.4, -0.2) is 18.2 Å². The van der Waals surface area contributed by atoms with E-state index in [4.69, 9.17) is 9.47 Å². The molecule has 0 spiro atoms. The molecule has 0 radical (unpaired) electrons. The van der Waals surface area contributed by atoms with Crippen LogP contribution in [0.25, 0.3) is 11.3 Å². The SMILES string of the molecule is CCCCCCOc1ccc(-c2ccc(OCCCCCC)cn2)cc1. The van der Waals surface area contributed by atoms with E-state index in [9.17, 15) is 0 Å². The molecule has 0 bridgehead atoms. The minimum absolute atomic E-state index is 0.769. The first-order valence-corrected chi connectivity index (χ1v) is 10.2. The van der Waals surface area contributed by atoms with Crippen molar-refractivity contribution in [1.82, 2.24) is 4.98 Å². The van der Waals surface area contributed by atoms with Gasteiger partial charge in [0.15, 0.2) is 0 Å². The van der Waals surface area contributed by atoms with Crippen LogP contribution in [-0.2, 0) is 0 Å². The molecule has 0 fully saturated rings. The highest BCUT2D eigenvalue weighted by Gasteiger charge is 2.02. The topological polar surface area (TPSA) is 31.4 Å². The van der Waals surface area contributed by atoms with Crippen molar-refractivity contribution in [2.24, 2.45) is 0 Å². The third kappa shape index (κ3) is 7.47. The van der Waals surface area contributed by atoms with Gasteiger partial charge in [0.05, 0.1) is 25.1 Å². The lowest BCUT2D eigenvalue weighted by Gasteiger charge is -2.08. The summed E-state index contributed by atoms with van der Waals surface area (Å²) in [6.07, 6.45) is 11.6. The third-order valence-electron chi connectivity index (χ3n) is 4.42. The van der Waals surface area contributed by atoms with Crippen LogP contribution in [0.2, 0.25) is 0 Å². The maximum absolute atomic E-state index is 5.79. The van der Waals surface area contributed by atoms with E-state index >= 15 is 0 Å². The fourth-order valence-corrected chi connectivity index (χ4v) is 2.80. The fraction of sp³-hybridized carbons (Fsp3) is 0.522. The molecule has 0 amide bonds. The van der Waals surface area contributed by atoms with Crippen molar-refractivity contribution >= 4 is 0 Å². The Morgan fingerprint density at radius 1 is 0.654 bits per heavy atom. The lowest BCUT2D eigenvalue weighted by atomic mass is 10.1. The maximum Gasteiger partial charge on any atom is 0.137 e. The molecular formula is C23H33NO2. The van der Waals surface area contributed by atoms with E-state index in [0.717, 1.165) is 48.8 Å². The summed E-state index contributed by atoms with van der Waals surface area (Å²) in [4.78, 5) is 4.52. The summed E-state index contributed by atoms with van der Waals surface area (Å²) in [7, 11) is 0. The Hall–Kier alpha value is -2.03. The van der Waals surface area contributed by atoms with Crippen molar-refractivity contribution in [3.63, 3.8) is 0 Å². The largest absolute Gasteiger partial charge is 0.494 e. The van der Waals surface area contributed by atoms with E-state index < -0.39 is 0 Å². The summed E-state index contributed by atoms with van der Waals surface area (Å²) in [5.74, 6) is 1.77. The van der Waals surface area contributed by atoms with Gasteiger partial charge in [0, 0.05) is 5.56 Å². The van der Waals surface area contributed by atoms with Crippen molar-refractivity contribution in [1.29, 1.82) is 0 Å². The monoisotopic (exact) mass is 355 g/mol. The second-order valence-electron chi connectivity index (χ2n) is 6.72. The molecule has 0 saturated heterocycles. The van der Waals surface area contributed by atoms with Crippen LogP contribution in [0, 0.1) is 0 Å². The highest BCUT2D eigenvalue weighted by atomic mass is 16.5. The molecule has 0 N–H and O–H groups in total. The van der Waals surface area contributed by atoms with Gasteiger partial charge in [-0.1, -0.05) is 52.4 Å². The number of nitrogens with zero attached hydrogens (tertiary/aromatic N) is 1. The number of benzene rings is 1. The van der Waals surface area contributed by atoms with Crippen molar-refractivity contribution in [3.05, 3.63) is 42.6 Å². The molecule has 1 aromatic heterocycles. The fourth-order valence-electron chi connectivity index (χ4n) is 2.80. The molecule has 0 aliphatic heterocycles. The minimum atomic E-state index is 0.769. The van der Waals surface area contributed by atoms with Gasteiger partial charge in [-0.3, -0.25) is 4.98 Å². The summed E-state index contributed by atoms with van der Waals surface area (Å²) in [6, 6.07) is 12.2. The summed E-state index contributed by atoms with van der Waals surface area (Å²) >= 11 is 0. The Bertz CT molecular complexity index is 537. The Labute approximate surface area is 158 Å². The normalized spacial score (nSPS) is 10.7. The molecule has 26 heavy (non-hydrogen) atoms. The predicted octanol–water partition coefficient (Wildman–Crippen LogP) is 6.67. The number of ether oxygens (including phenoxy) is 2. The van der Waals surface area contributed by atoms with E-state index in [1.807, 2.05) is 30.5 Å². The predicted molar refractivity (Wildman–Crippen MR) is 109 cm³/mol. The zero-order valence-corrected chi connectivity index (χ0v) is 16.4. The number of unbranched alkanes of at least 4 members (excludes halogenated alkanes) is 6.